The van der Waals surface area contributed by atoms with Crippen LogP contribution in [0.15, 0.2) is 24.4 Å². The molecule has 1 N–H and O–H groups in total. The summed E-state index contributed by atoms with van der Waals surface area (Å²) in [4.78, 5) is 13.9. The summed E-state index contributed by atoms with van der Waals surface area (Å²) in [6.45, 7) is 1.41. The Morgan fingerprint density at radius 1 is 1.16 bits per heavy atom. The van der Waals surface area contributed by atoms with Gasteiger partial charge in [0.1, 0.15) is 18.3 Å². The molecular formula is C22H23F2N5O3. The lowest BCUT2D eigenvalue weighted by molar-refractivity contribution is -0.0565. The van der Waals surface area contributed by atoms with Gasteiger partial charge in [-0.05, 0) is 18.2 Å². The van der Waals surface area contributed by atoms with Crippen molar-refractivity contribution in [3.05, 3.63) is 30.0 Å². The van der Waals surface area contributed by atoms with Crippen LogP contribution < -0.4 is 14.2 Å². The average Bonchev–Trinajstić information content (AvgIpc) is 3.22. The van der Waals surface area contributed by atoms with Gasteiger partial charge in [-0.3, -0.25) is 4.90 Å². The molecule has 0 amide bonds. The van der Waals surface area contributed by atoms with Gasteiger partial charge in [0.2, 0.25) is 0 Å². The first-order valence-corrected chi connectivity index (χ1v) is 10.2. The molecule has 0 bridgehead atoms. The number of nitrogens with zero attached hydrogens (tertiary/aromatic N) is 4. The van der Waals surface area contributed by atoms with E-state index in [2.05, 4.69) is 21.0 Å². The van der Waals surface area contributed by atoms with E-state index < -0.39 is 5.92 Å². The van der Waals surface area contributed by atoms with Crippen molar-refractivity contribution in [2.24, 2.45) is 0 Å². The van der Waals surface area contributed by atoms with Gasteiger partial charge in [0.15, 0.2) is 11.5 Å². The van der Waals surface area contributed by atoms with Crippen molar-refractivity contribution in [3.8, 4) is 34.8 Å². The van der Waals surface area contributed by atoms with Gasteiger partial charge in [-0.25, -0.2) is 8.78 Å². The van der Waals surface area contributed by atoms with E-state index in [1.807, 2.05) is 11.0 Å². The van der Waals surface area contributed by atoms with E-state index in [1.54, 1.807) is 32.5 Å². The van der Waals surface area contributed by atoms with E-state index in [1.165, 1.54) is 0 Å². The Bertz CT molecular complexity index is 1150. The summed E-state index contributed by atoms with van der Waals surface area (Å²) in [6.07, 6.45) is 1.29. The highest BCUT2D eigenvalue weighted by Gasteiger charge is 2.33. The Kier molecular flexibility index (Phi) is 6.10. The number of likely N-dealkylation sites (tertiary alicyclic amines) is 1. The number of H-pyrrole nitrogens is 1. The molecule has 10 heteroatoms. The molecule has 0 unspecified atom stereocenters. The Morgan fingerprint density at radius 3 is 2.59 bits per heavy atom. The SMILES string of the molecule is COc1ccc(-c2nc(OCCN3CCC(F)(F)CC3)nc3[nH]cc(C#N)c23)cc1OC. The summed E-state index contributed by atoms with van der Waals surface area (Å²) in [5, 5.41) is 10.1. The van der Waals surface area contributed by atoms with Crippen molar-refractivity contribution in [2.75, 3.05) is 40.5 Å². The van der Waals surface area contributed by atoms with Gasteiger partial charge < -0.3 is 19.2 Å². The van der Waals surface area contributed by atoms with Crippen LogP contribution in [-0.2, 0) is 0 Å². The highest BCUT2D eigenvalue weighted by atomic mass is 19.3. The second kappa shape index (κ2) is 8.96. The largest absolute Gasteiger partial charge is 0.493 e. The molecule has 168 valence electrons. The summed E-state index contributed by atoms with van der Waals surface area (Å²) >= 11 is 0. The van der Waals surface area contributed by atoms with Crippen LogP contribution in [0.5, 0.6) is 17.5 Å². The lowest BCUT2D eigenvalue weighted by atomic mass is 10.1. The molecule has 2 aromatic heterocycles. The molecule has 0 radical (unpaired) electrons. The second-order valence-corrected chi connectivity index (χ2v) is 7.51. The average molecular weight is 443 g/mol. The van der Waals surface area contributed by atoms with Crippen LogP contribution >= 0.6 is 0 Å². The molecule has 1 aliphatic heterocycles. The monoisotopic (exact) mass is 443 g/mol. The molecule has 32 heavy (non-hydrogen) atoms. The third-order valence-corrected chi connectivity index (χ3v) is 5.51. The number of methoxy groups -OCH3 is 2. The fourth-order valence-corrected chi connectivity index (χ4v) is 3.73. The molecule has 0 atom stereocenters. The molecule has 0 saturated carbocycles. The number of rotatable bonds is 7. The quantitative estimate of drug-likeness (QED) is 0.596. The van der Waals surface area contributed by atoms with Crippen LogP contribution in [0.2, 0.25) is 0 Å². The number of nitrogens with one attached hydrogen (secondary N) is 1. The van der Waals surface area contributed by atoms with Crippen molar-refractivity contribution in [2.45, 2.75) is 18.8 Å². The smallest absolute Gasteiger partial charge is 0.319 e. The molecule has 0 spiro atoms. The van der Waals surface area contributed by atoms with E-state index in [4.69, 9.17) is 14.2 Å². The molecule has 1 fully saturated rings. The zero-order valence-corrected chi connectivity index (χ0v) is 17.8. The Hall–Kier alpha value is -3.45. The summed E-state index contributed by atoms with van der Waals surface area (Å²) < 4.78 is 43.1. The molecule has 1 saturated heterocycles. The molecular weight excluding hydrogens is 420 g/mol. The Morgan fingerprint density at radius 2 is 1.91 bits per heavy atom. The molecule has 8 nitrogen and oxygen atoms in total. The van der Waals surface area contributed by atoms with Crippen LogP contribution in [-0.4, -0.2) is 66.2 Å². The lowest BCUT2D eigenvalue weighted by Gasteiger charge is -2.31. The number of aromatic nitrogens is 3. The molecule has 3 aromatic rings. The first-order valence-electron chi connectivity index (χ1n) is 10.2. The van der Waals surface area contributed by atoms with E-state index in [-0.39, 0.29) is 25.5 Å². The van der Waals surface area contributed by atoms with Crippen molar-refractivity contribution in [3.63, 3.8) is 0 Å². The molecule has 4 rings (SSSR count). The van der Waals surface area contributed by atoms with Gasteiger partial charge in [-0.15, -0.1) is 0 Å². The first kappa shape index (κ1) is 21.8. The van der Waals surface area contributed by atoms with Gasteiger partial charge in [0.25, 0.3) is 5.92 Å². The molecule has 3 heterocycles. The standard InChI is InChI=1S/C22H23F2N5O3/c1-30-16-4-3-14(11-17(16)31-2)19-18-15(12-25)13-26-20(18)28-21(27-19)32-10-9-29-7-5-22(23,24)6-8-29/h3-4,11,13H,5-10H2,1-2H3,(H,26,27,28). The van der Waals surface area contributed by atoms with Crippen molar-refractivity contribution in [1.29, 1.82) is 5.26 Å². The van der Waals surface area contributed by atoms with Crippen LogP contribution in [0.25, 0.3) is 22.3 Å². The van der Waals surface area contributed by atoms with Crippen LogP contribution in [0.4, 0.5) is 8.78 Å². The fraction of sp³-hybridized carbons (Fsp3) is 0.409. The number of halogens is 2. The number of benzene rings is 1. The number of aromatic amines is 1. The van der Waals surface area contributed by atoms with Crippen LogP contribution in [0, 0.1) is 11.3 Å². The van der Waals surface area contributed by atoms with Gasteiger partial charge >= 0.3 is 6.01 Å². The van der Waals surface area contributed by atoms with E-state index in [0.29, 0.717) is 59.0 Å². The number of alkyl halides is 2. The number of nitriles is 1. The highest BCUT2D eigenvalue weighted by molar-refractivity contribution is 5.95. The number of hydrogen-bond donors (Lipinski definition) is 1. The second-order valence-electron chi connectivity index (χ2n) is 7.51. The topological polar surface area (TPSA) is 96.3 Å². The summed E-state index contributed by atoms with van der Waals surface area (Å²) in [6, 6.07) is 7.62. The van der Waals surface area contributed by atoms with E-state index >= 15 is 0 Å². The number of fused-ring (bicyclic) bond motifs is 1. The molecule has 0 aliphatic carbocycles. The third kappa shape index (κ3) is 4.43. The van der Waals surface area contributed by atoms with Gasteiger partial charge in [-0.1, -0.05) is 0 Å². The number of piperidine rings is 1. The predicted molar refractivity (Wildman–Crippen MR) is 113 cm³/mol. The van der Waals surface area contributed by atoms with E-state index in [0.717, 1.165) is 0 Å². The first-order chi connectivity index (χ1) is 15.4. The van der Waals surface area contributed by atoms with Crippen molar-refractivity contribution >= 4 is 11.0 Å². The molecule has 1 aliphatic rings. The van der Waals surface area contributed by atoms with Gasteiger partial charge in [-0.2, -0.15) is 15.2 Å². The van der Waals surface area contributed by atoms with Gasteiger partial charge in [0.05, 0.1) is 30.9 Å². The zero-order chi connectivity index (χ0) is 22.7. The van der Waals surface area contributed by atoms with Crippen LogP contribution in [0.3, 0.4) is 0 Å². The number of ether oxygens (including phenoxy) is 3. The minimum absolute atomic E-state index is 0.135. The zero-order valence-electron chi connectivity index (χ0n) is 17.8. The maximum Gasteiger partial charge on any atom is 0.319 e. The summed E-state index contributed by atoms with van der Waals surface area (Å²) in [5.74, 6) is -1.49. The maximum atomic E-state index is 13.3. The molecule has 1 aromatic carbocycles. The maximum absolute atomic E-state index is 13.3. The van der Waals surface area contributed by atoms with Gasteiger partial charge in [0, 0.05) is 44.2 Å². The predicted octanol–water partition coefficient (Wildman–Crippen LogP) is 3.62. The third-order valence-electron chi connectivity index (χ3n) is 5.51. The Labute approximate surface area is 183 Å². The van der Waals surface area contributed by atoms with Crippen molar-refractivity contribution < 1.29 is 23.0 Å². The lowest BCUT2D eigenvalue weighted by Crippen LogP contribution is -2.41. The highest BCUT2D eigenvalue weighted by Crippen LogP contribution is 2.36. The minimum Gasteiger partial charge on any atom is -0.493 e. The Balaban J connectivity index is 1.60. The number of hydrogen-bond acceptors (Lipinski definition) is 7. The summed E-state index contributed by atoms with van der Waals surface area (Å²) in [7, 11) is 3.09. The fourth-order valence-electron chi connectivity index (χ4n) is 3.73. The van der Waals surface area contributed by atoms with Crippen molar-refractivity contribution in [1.82, 2.24) is 19.9 Å². The normalized spacial score (nSPS) is 16.0. The minimum atomic E-state index is -2.58. The summed E-state index contributed by atoms with van der Waals surface area (Å²) in [5.41, 5.74) is 2.09. The van der Waals surface area contributed by atoms with Crippen LogP contribution in [0.1, 0.15) is 18.4 Å². The van der Waals surface area contributed by atoms with E-state index in [9.17, 15) is 14.0 Å².